The van der Waals surface area contributed by atoms with Crippen molar-refractivity contribution in [3.05, 3.63) is 65.7 Å². The lowest BCUT2D eigenvalue weighted by Crippen LogP contribution is -2.14. The first kappa shape index (κ1) is 17.0. The largest absolute Gasteiger partial charge is 0.456 e. The molecule has 124 valence electrons. The van der Waals surface area contributed by atoms with E-state index < -0.39 is 17.9 Å². The zero-order valence-corrected chi connectivity index (χ0v) is 12.8. The minimum absolute atomic E-state index is 0.0190. The Bertz CT molecular complexity index is 725. The van der Waals surface area contributed by atoms with E-state index in [9.17, 15) is 14.4 Å². The second kappa shape index (κ2) is 8.33. The van der Waals surface area contributed by atoms with Gasteiger partial charge in [0.25, 0.3) is 0 Å². The fourth-order valence-electron chi connectivity index (χ4n) is 1.68. The van der Waals surface area contributed by atoms with E-state index in [0.29, 0.717) is 0 Å². The van der Waals surface area contributed by atoms with Crippen LogP contribution in [0.25, 0.3) is 0 Å². The van der Waals surface area contributed by atoms with Crippen LogP contribution in [0.1, 0.15) is 27.6 Å². The quantitative estimate of drug-likeness (QED) is 0.360. The van der Waals surface area contributed by atoms with Crippen molar-refractivity contribution >= 4 is 17.9 Å². The first-order chi connectivity index (χ1) is 11.6. The summed E-state index contributed by atoms with van der Waals surface area (Å²) in [5.74, 6) is -2.12. The zero-order chi connectivity index (χ0) is 17.4. The molecule has 0 N–H and O–H groups in total. The highest BCUT2D eigenvalue weighted by molar-refractivity contribution is 5.94. The molecule has 0 saturated heterocycles. The molecule has 7 heteroatoms. The van der Waals surface area contributed by atoms with Gasteiger partial charge in [-0.05, 0) is 24.3 Å². The highest BCUT2D eigenvalue weighted by Gasteiger charge is 2.18. The van der Waals surface area contributed by atoms with Crippen molar-refractivity contribution in [2.75, 3.05) is 6.79 Å². The van der Waals surface area contributed by atoms with Gasteiger partial charge in [-0.25, -0.2) is 19.4 Å². The molecule has 2 aromatic rings. The molecule has 0 atom stereocenters. The van der Waals surface area contributed by atoms with Crippen molar-refractivity contribution in [2.45, 2.75) is 6.92 Å². The molecule has 0 aliphatic carbocycles. The molecule has 2 aromatic carbocycles. The van der Waals surface area contributed by atoms with E-state index in [1.807, 2.05) is 0 Å². The number of carbonyl (C=O) groups is 3. The standard InChI is InChI=1S/C17H14O7/c1-12(18)21-11-22-15-10-6-5-9-14(15)17(20)24-23-16(19)13-7-3-2-4-8-13/h2-10H,11H2,1H3. The lowest BCUT2D eigenvalue weighted by molar-refractivity contribution is -0.187. The van der Waals surface area contributed by atoms with Gasteiger partial charge in [0.2, 0.25) is 6.79 Å². The second-order valence-corrected chi connectivity index (χ2v) is 4.50. The van der Waals surface area contributed by atoms with Gasteiger partial charge >= 0.3 is 17.9 Å². The fraction of sp³-hybridized carbons (Fsp3) is 0.118. The average molecular weight is 330 g/mol. The maximum Gasteiger partial charge on any atom is 0.390 e. The van der Waals surface area contributed by atoms with Crippen LogP contribution in [-0.2, 0) is 19.3 Å². The molecular weight excluding hydrogens is 316 g/mol. The molecule has 0 aliphatic rings. The van der Waals surface area contributed by atoms with Crippen LogP contribution in [0.2, 0.25) is 0 Å². The summed E-state index contributed by atoms with van der Waals surface area (Å²) in [7, 11) is 0. The van der Waals surface area contributed by atoms with Gasteiger partial charge in [0.15, 0.2) is 0 Å². The number of hydrogen-bond donors (Lipinski definition) is 0. The first-order valence-corrected chi connectivity index (χ1v) is 6.91. The Morgan fingerprint density at radius 3 is 2.17 bits per heavy atom. The van der Waals surface area contributed by atoms with E-state index >= 15 is 0 Å². The molecule has 0 bridgehead atoms. The molecular formula is C17H14O7. The lowest BCUT2D eigenvalue weighted by Gasteiger charge is -2.09. The predicted octanol–water partition coefficient (Wildman–Crippen LogP) is 2.51. The Morgan fingerprint density at radius 2 is 1.46 bits per heavy atom. The molecule has 0 saturated carbocycles. The number of para-hydroxylation sites is 1. The van der Waals surface area contributed by atoms with Crippen molar-refractivity contribution in [3.8, 4) is 5.75 Å². The van der Waals surface area contributed by atoms with Crippen molar-refractivity contribution in [1.29, 1.82) is 0 Å². The number of benzene rings is 2. The van der Waals surface area contributed by atoms with Crippen LogP contribution in [0, 0.1) is 0 Å². The maximum absolute atomic E-state index is 12.0. The van der Waals surface area contributed by atoms with Gasteiger partial charge in [-0.15, -0.1) is 0 Å². The van der Waals surface area contributed by atoms with Crippen LogP contribution in [0.5, 0.6) is 5.75 Å². The first-order valence-electron chi connectivity index (χ1n) is 6.91. The fourth-order valence-corrected chi connectivity index (χ4v) is 1.68. The summed E-state index contributed by atoms with van der Waals surface area (Å²) in [5.41, 5.74) is 0.259. The Kier molecular flexibility index (Phi) is 5.90. The summed E-state index contributed by atoms with van der Waals surface area (Å²) < 4.78 is 9.81. The Balaban J connectivity index is 1.97. The van der Waals surface area contributed by atoms with E-state index in [-0.39, 0.29) is 23.7 Å². The van der Waals surface area contributed by atoms with Gasteiger partial charge in [0.1, 0.15) is 11.3 Å². The molecule has 0 aliphatic heterocycles. The Hall–Kier alpha value is -3.35. The molecule has 24 heavy (non-hydrogen) atoms. The molecule has 0 amide bonds. The molecule has 0 fully saturated rings. The molecule has 7 nitrogen and oxygen atoms in total. The number of esters is 1. The van der Waals surface area contributed by atoms with Crippen LogP contribution in [0.15, 0.2) is 54.6 Å². The van der Waals surface area contributed by atoms with Crippen LogP contribution in [0.3, 0.4) is 0 Å². The maximum atomic E-state index is 12.0. The van der Waals surface area contributed by atoms with E-state index in [4.69, 9.17) is 4.74 Å². The third-order valence-electron chi connectivity index (χ3n) is 2.79. The number of carbonyl (C=O) groups excluding carboxylic acids is 3. The third-order valence-corrected chi connectivity index (χ3v) is 2.79. The summed E-state index contributed by atoms with van der Waals surface area (Å²) in [6, 6.07) is 14.2. The predicted molar refractivity (Wildman–Crippen MR) is 81.0 cm³/mol. The Labute approximate surface area is 137 Å². The minimum Gasteiger partial charge on any atom is -0.456 e. The summed E-state index contributed by atoms with van der Waals surface area (Å²) in [5, 5.41) is 0. The average Bonchev–Trinajstić information content (AvgIpc) is 2.60. The van der Waals surface area contributed by atoms with Crippen molar-refractivity contribution < 1.29 is 33.6 Å². The van der Waals surface area contributed by atoms with Gasteiger partial charge in [-0.3, -0.25) is 4.79 Å². The molecule has 0 spiro atoms. The molecule has 0 unspecified atom stereocenters. The second-order valence-electron chi connectivity index (χ2n) is 4.50. The summed E-state index contributed by atoms with van der Waals surface area (Å²) in [4.78, 5) is 43.5. The van der Waals surface area contributed by atoms with Gasteiger partial charge in [0, 0.05) is 6.92 Å². The van der Waals surface area contributed by atoms with Gasteiger partial charge in [0.05, 0.1) is 5.56 Å². The summed E-state index contributed by atoms with van der Waals surface area (Å²) >= 11 is 0. The van der Waals surface area contributed by atoms with Crippen LogP contribution < -0.4 is 4.74 Å². The highest BCUT2D eigenvalue weighted by Crippen LogP contribution is 2.19. The van der Waals surface area contributed by atoms with Gasteiger partial charge < -0.3 is 9.47 Å². The zero-order valence-electron chi connectivity index (χ0n) is 12.8. The molecule has 0 heterocycles. The molecule has 2 rings (SSSR count). The number of ether oxygens (including phenoxy) is 2. The third kappa shape index (κ3) is 4.84. The van der Waals surface area contributed by atoms with Crippen LogP contribution >= 0.6 is 0 Å². The van der Waals surface area contributed by atoms with Crippen LogP contribution in [-0.4, -0.2) is 24.7 Å². The highest BCUT2D eigenvalue weighted by atomic mass is 17.2. The van der Waals surface area contributed by atoms with Crippen LogP contribution in [0.4, 0.5) is 0 Å². The normalized spacial score (nSPS) is 9.71. The van der Waals surface area contributed by atoms with E-state index in [2.05, 4.69) is 14.5 Å². The van der Waals surface area contributed by atoms with Crippen molar-refractivity contribution in [2.24, 2.45) is 0 Å². The number of hydrogen-bond acceptors (Lipinski definition) is 7. The van der Waals surface area contributed by atoms with E-state index in [0.717, 1.165) is 0 Å². The van der Waals surface area contributed by atoms with Crippen molar-refractivity contribution in [3.63, 3.8) is 0 Å². The summed E-state index contributed by atoms with van der Waals surface area (Å²) in [6.07, 6.45) is 0. The number of rotatable bonds is 5. The minimum atomic E-state index is -0.919. The molecule has 0 aromatic heterocycles. The topological polar surface area (TPSA) is 88.1 Å². The SMILES string of the molecule is CC(=O)OCOc1ccccc1C(=O)OOC(=O)c1ccccc1. The van der Waals surface area contributed by atoms with E-state index in [1.165, 1.54) is 31.2 Å². The van der Waals surface area contributed by atoms with E-state index in [1.54, 1.807) is 30.3 Å². The smallest absolute Gasteiger partial charge is 0.390 e. The van der Waals surface area contributed by atoms with Crippen molar-refractivity contribution in [1.82, 2.24) is 0 Å². The van der Waals surface area contributed by atoms with Gasteiger partial charge in [-0.1, -0.05) is 30.3 Å². The lowest BCUT2D eigenvalue weighted by atomic mass is 10.2. The Morgan fingerprint density at radius 1 is 0.833 bits per heavy atom. The monoisotopic (exact) mass is 330 g/mol. The molecule has 0 radical (unpaired) electrons. The van der Waals surface area contributed by atoms with Gasteiger partial charge in [-0.2, -0.15) is 0 Å². The summed E-state index contributed by atoms with van der Waals surface area (Å²) in [6.45, 7) is 0.871.